The van der Waals surface area contributed by atoms with Gasteiger partial charge in [0.25, 0.3) is 0 Å². The van der Waals surface area contributed by atoms with Gasteiger partial charge in [0.1, 0.15) is 5.78 Å². The number of carbonyl (C=O) groups is 2. The van der Waals surface area contributed by atoms with Gasteiger partial charge < -0.3 is 14.2 Å². The number of carbonyl (C=O) groups excluding carboxylic acids is 2. The lowest BCUT2D eigenvalue weighted by molar-refractivity contribution is -0.121. The van der Waals surface area contributed by atoms with Gasteiger partial charge in [0.15, 0.2) is 11.5 Å². The molecule has 0 N–H and O–H groups in total. The number of rotatable bonds is 5. The molecule has 3 heterocycles. The number of esters is 1. The molecule has 1 fully saturated rings. The van der Waals surface area contributed by atoms with Gasteiger partial charge in [0.2, 0.25) is 6.79 Å². The number of benzene rings is 2. The van der Waals surface area contributed by atoms with Gasteiger partial charge in [-0.15, -0.1) is 0 Å². The van der Waals surface area contributed by atoms with Crippen LogP contribution >= 0.6 is 0 Å². The third-order valence-electron chi connectivity index (χ3n) is 6.28. The highest BCUT2D eigenvalue weighted by Gasteiger charge is 2.48. The van der Waals surface area contributed by atoms with E-state index in [1.807, 2.05) is 30.3 Å². The van der Waals surface area contributed by atoms with Crippen LogP contribution in [0.2, 0.25) is 0 Å². The van der Waals surface area contributed by atoms with E-state index >= 15 is 0 Å². The fourth-order valence-corrected chi connectivity index (χ4v) is 5.02. The summed E-state index contributed by atoms with van der Waals surface area (Å²) in [6.07, 6.45) is 0.639. The third-order valence-corrected chi connectivity index (χ3v) is 6.28. The smallest absolute Gasteiger partial charge is 0.338 e. The fraction of sp³-hybridized carbons (Fsp3) is 0.391. The first-order chi connectivity index (χ1) is 14.1. The van der Waals surface area contributed by atoms with Crippen molar-refractivity contribution in [2.75, 3.05) is 19.9 Å². The summed E-state index contributed by atoms with van der Waals surface area (Å²) in [6, 6.07) is 13.1. The minimum atomic E-state index is -0.324. The lowest BCUT2D eigenvalue weighted by Gasteiger charge is -2.28. The van der Waals surface area contributed by atoms with E-state index in [4.69, 9.17) is 14.2 Å². The molecule has 0 radical (unpaired) electrons. The average Bonchev–Trinajstić information content (AvgIpc) is 3.29. The standard InChI is InChI=1S/C23H23NO5/c1-14(25)22-18-12-24(11-16-9-20-21(10-17(16)18)29-13-28-20)19(22)7-8-27-23(26)15-5-3-2-4-6-15/h2-6,9-10,18-19,22H,7-8,11-13H2,1H3/t18-,19+,22+/m1/s1. The zero-order chi connectivity index (χ0) is 20.0. The molecule has 6 nitrogen and oxygen atoms in total. The summed E-state index contributed by atoms with van der Waals surface area (Å²) in [4.78, 5) is 27.1. The third kappa shape index (κ3) is 3.17. The predicted octanol–water partition coefficient (Wildman–Crippen LogP) is 3.15. The SMILES string of the molecule is CC(=O)[C@H]1[C@@H]2CN(Cc3cc4c(cc32)OCO4)[C@H]1CCOC(=O)c1ccccc1. The van der Waals surface area contributed by atoms with E-state index in [2.05, 4.69) is 4.90 Å². The normalized spacial score (nSPS) is 26.1. The van der Waals surface area contributed by atoms with Crippen molar-refractivity contribution in [2.24, 2.45) is 5.92 Å². The van der Waals surface area contributed by atoms with E-state index in [1.165, 1.54) is 11.1 Å². The molecule has 0 amide bonds. The topological polar surface area (TPSA) is 65.1 Å². The molecule has 5 rings (SSSR count). The molecule has 4 atom stereocenters. The van der Waals surface area contributed by atoms with Crippen molar-refractivity contribution in [2.45, 2.75) is 31.8 Å². The van der Waals surface area contributed by atoms with Crippen LogP contribution in [0.4, 0.5) is 0 Å². The Labute approximate surface area is 169 Å². The van der Waals surface area contributed by atoms with E-state index in [1.54, 1.807) is 19.1 Å². The number of nitrogens with zero attached hydrogens (tertiary/aromatic N) is 1. The Kier molecular flexibility index (Phi) is 4.51. The molecule has 2 bridgehead atoms. The Bertz CT molecular complexity index is 957. The first kappa shape index (κ1) is 18.2. The summed E-state index contributed by atoms with van der Waals surface area (Å²) in [5, 5.41) is 0. The molecule has 2 aromatic carbocycles. The van der Waals surface area contributed by atoms with E-state index in [9.17, 15) is 9.59 Å². The number of hydrogen-bond acceptors (Lipinski definition) is 6. The number of fused-ring (bicyclic) bond motifs is 5. The minimum Gasteiger partial charge on any atom is -0.462 e. The summed E-state index contributed by atoms with van der Waals surface area (Å²) < 4.78 is 16.6. The second-order valence-corrected chi connectivity index (χ2v) is 7.93. The molecule has 0 aromatic heterocycles. The lowest BCUT2D eigenvalue weighted by Crippen LogP contribution is -2.35. The lowest BCUT2D eigenvalue weighted by atomic mass is 9.80. The van der Waals surface area contributed by atoms with Crippen LogP contribution in [0, 0.1) is 5.92 Å². The van der Waals surface area contributed by atoms with E-state index in [0.29, 0.717) is 18.6 Å². The first-order valence-electron chi connectivity index (χ1n) is 10.0. The highest BCUT2D eigenvalue weighted by Crippen LogP contribution is 2.48. The number of ether oxygens (including phenoxy) is 3. The van der Waals surface area contributed by atoms with Crippen LogP contribution < -0.4 is 9.47 Å². The molecule has 3 aliphatic heterocycles. The van der Waals surface area contributed by atoms with Crippen LogP contribution in [0.15, 0.2) is 42.5 Å². The molecular weight excluding hydrogens is 370 g/mol. The quantitative estimate of drug-likeness (QED) is 0.727. The number of hydrogen-bond donors (Lipinski definition) is 0. The molecule has 0 aliphatic carbocycles. The summed E-state index contributed by atoms with van der Waals surface area (Å²) in [7, 11) is 0. The van der Waals surface area contributed by atoms with Crippen LogP contribution in [-0.2, 0) is 16.1 Å². The van der Waals surface area contributed by atoms with Crippen molar-refractivity contribution in [3.05, 3.63) is 59.2 Å². The van der Waals surface area contributed by atoms with Crippen LogP contribution in [0.3, 0.4) is 0 Å². The largest absolute Gasteiger partial charge is 0.462 e. The monoisotopic (exact) mass is 393 g/mol. The molecule has 2 aromatic rings. The van der Waals surface area contributed by atoms with Gasteiger partial charge >= 0.3 is 5.97 Å². The Morgan fingerprint density at radius 2 is 1.90 bits per heavy atom. The van der Waals surface area contributed by atoms with Crippen molar-refractivity contribution < 1.29 is 23.8 Å². The minimum absolute atomic E-state index is 0.0603. The summed E-state index contributed by atoms with van der Waals surface area (Å²) in [6.45, 7) is 3.82. The maximum absolute atomic E-state index is 12.6. The van der Waals surface area contributed by atoms with Gasteiger partial charge in [-0.2, -0.15) is 0 Å². The van der Waals surface area contributed by atoms with Crippen LogP contribution in [0.1, 0.15) is 40.7 Å². The van der Waals surface area contributed by atoms with Crippen LogP contribution in [0.25, 0.3) is 0 Å². The molecule has 1 saturated heterocycles. The van der Waals surface area contributed by atoms with E-state index in [0.717, 1.165) is 24.6 Å². The average molecular weight is 393 g/mol. The second-order valence-electron chi connectivity index (χ2n) is 7.93. The highest BCUT2D eigenvalue weighted by molar-refractivity contribution is 5.89. The fourth-order valence-electron chi connectivity index (χ4n) is 5.02. The van der Waals surface area contributed by atoms with Gasteiger partial charge in [-0.05, 0) is 48.7 Å². The molecule has 0 saturated carbocycles. The highest BCUT2D eigenvalue weighted by atomic mass is 16.7. The Morgan fingerprint density at radius 1 is 1.14 bits per heavy atom. The van der Waals surface area contributed by atoms with Gasteiger partial charge in [-0.3, -0.25) is 9.69 Å². The van der Waals surface area contributed by atoms with Crippen LogP contribution in [-0.4, -0.2) is 42.6 Å². The molecule has 29 heavy (non-hydrogen) atoms. The maximum atomic E-state index is 12.6. The number of ketones is 1. The van der Waals surface area contributed by atoms with Gasteiger partial charge in [0, 0.05) is 31.0 Å². The molecule has 6 heteroatoms. The summed E-state index contributed by atoms with van der Waals surface area (Å²) >= 11 is 0. The molecular formula is C23H23NO5. The van der Waals surface area contributed by atoms with Crippen molar-refractivity contribution in [1.82, 2.24) is 4.90 Å². The van der Waals surface area contributed by atoms with E-state index in [-0.39, 0.29) is 36.4 Å². The molecule has 3 aliphatic rings. The predicted molar refractivity (Wildman–Crippen MR) is 105 cm³/mol. The van der Waals surface area contributed by atoms with Crippen molar-refractivity contribution in [3.63, 3.8) is 0 Å². The Hall–Kier alpha value is -2.86. The Morgan fingerprint density at radius 3 is 2.66 bits per heavy atom. The molecule has 0 spiro atoms. The van der Waals surface area contributed by atoms with Gasteiger partial charge in [-0.1, -0.05) is 18.2 Å². The van der Waals surface area contributed by atoms with E-state index < -0.39 is 0 Å². The summed E-state index contributed by atoms with van der Waals surface area (Å²) in [5.74, 6) is 1.43. The van der Waals surface area contributed by atoms with Gasteiger partial charge in [-0.25, -0.2) is 4.79 Å². The maximum Gasteiger partial charge on any atom is 0.338 e. The first-order valence-corrected chi connectivity index (χ1v) is 10.0. The van der Waals surface area contributed by atoms with Crippen molar-refractivity contribution in [3.8, 4) is 11.5 Å². The molecule has 150 valence electrons. The van der Waals surface area contributed by atoms with Crippen molar-refractivity contribution >= 4 is 11.8 Å². The molecule has 1 unspecified atom stereocenters. The van der Waals surface area contributed by atoms with Crippen molar-refractivity contribution in [1.29, 1.82) is 0 Å². The number of Topliss-reactive ketones (excluding diaryl/α,β-unsaturated/α-hetero) is 1. The second kappa shape index (κ2) is 7.19. The zero-order valence-corrected chi connectivity index (χ0v) is 16.3. The summed E-state index contributed by atoms with van der Waals surface area (Å²) in [5.41, 5.74) is 2.93. The van der Waals surface area contributed by atoms with Crippen LogP contribution in [0.5, 0.6) is 11.5 Å². The van der Waals surface area contributed by atoms with Gasteiger partial charge in [0.05, 0.1) is 12.2 Å². The zero-order valence-electron chi connectivity index (χ0n) is 16.3. The Balaban J connectivity index is 1.32.